The van der Waals surface area contributed by atoms with Crippen molar-refractivity contribution < 1.29 is 14.3 Å². The zero-order valence-electron chi connectivity index (χ0n) is 16.0. The average molecular weight is 370 g/mol. The Bertz CT molecular complexity index is 758. The van der Waals surface area contributed by atoms with Crippen molar-refractivity contribution in [3.63, 3.8) is 0 Å². The first-order chi connectivity index (χ1) is 13.0. The van der Waals surface area contributed by atoms with Gasteiger partial charge in [-0.25, -0.2) is 9.97 Å². The quantitative estimate of drug-likeness (QED) is 0.842. The molecule has 27 heavy (non-hydrogen) atoms. The number of hydrogen-bond acceptors (Lipinski definition) is 6. The van der Waals surface area contributed by atoms with E-state index in [-0.39, 0.29) is 5.91 Å². The number of carbonyl (C=O) groups is 1. The van der Waals surface area contributed by atoms with Crippen LogP contribution in [0.5, 0.6) is 11.5 Å². The molecule has 1 fully saturated rings. The van der Waals surface area contributed by atoms with Crippen molar-refractivity contribution in [3.05, 3.63) is 36.7 Å². The highest BCUT2D eigenvalue weighted by atomic mass is 16.5. The minimum absolute atomic E-state index is 0.261. The van der Waals surface area contributed by atoms with Crippen LogP contribution in [-0.4, -0.2) is 42.2 Å². The van der Waals surface area contributed by atoms with Crippen LogP contribution in [0.1, 0.15) is 26.7 Å². The lowest BCUT2D eigenvalue weighted by Gasteiger charge is -2.31. The molecule has 1 unspecified atom stereocenters. The SMILES string of the molecule is COc1ccc(OC(C)C(=O)Nc2cc(N3CCC(C)CC3)ncn2)cc1. The van der Waals surface area contributed by atoms with Crippen molar-refractivity contribution in [1.82, 2.24) is 9.97 Å². The fourth-order valence-electron chi connectivity index (χ4n) is 2.97. The summed E-state index contributed by atoms with van der Waals surface area (Å²) in [6.45, 7) is 5.92. The fourth-order valence-corrected chi connectivity index (χ4v) is 2.97. The summed E-state index contributed by atoms with van der Waals surface area (Å²) in [4.78, 5) is 23.2. The van der Waals surface area contributed by atoms with E-state index in [1.165, 1.54) is 6.33 Å². The smallest absolute Gasteiger partial charge is 0.266 e. The van der Waals surface area contributed by atoms with Crippen molar-refractivity contribution in [2.45, 2.75) is 32.8 Å². The Morgan fingerprint density at radius 2 is 1.85 bits per heavy atom. The van der Waals surface area contributed by atoms with Gasteiger partial charge in [-0.2, -0.15) is 0 Å². The van der Waals surface area contributed by atoms with E-state index in [0.717, 1.165) is 43.4 Å². The van der Waals surface area contributed by atoms with E-state index < -0.39 is 6.10 Å². The lowest BCUT2D eigenvalue weighted by molar-refractivity contribution is -0.122. The van der Waals surface area contributed by atoms with Gasteiger partial charge in [0.15, 0.2) is 6.10 Å². The zero-order chi connectivity index (χ0) is 19.2. The van der Waals surface area contributed by atoms with E-state index in [0.29, 0.717) is 11.6 Å². The molecule has 1 aromatic heterocycles. The Kier molecular flexibility index (Phi) is 6.11. The lowest BCUT2D eigenvalue weighted by atomic mass is 9.99. The van der Waals surface area contributed by atoms with Gasteiger partial charge in [-0.1, -0.05) is 6.92 Å². The number of nitrogens with one attached hydrogen (secondary N) is 1. The van der Waals surface area contributed by atoms with Crippen LogP contribution >= 0.6 is 0 Å². The summed E-state index contributed by atoms with van der Waals surface area (Å²) >= 11 is 0. The summed E-state index contributed by atoms with van der Waals surface area (Å²) in [5.74, 6) is 3.15. The standard InChI is InChI=1S/C20H26N4O3/c1-14-8-10-24(11-9-14)19-12-18(21-13-22-19)23-20(25)15(2)27-17-6-4-16(26-3)5-7-17/h4-7,12-15H,8-11H2,1-3H3,(H,21,22,23,25). The topological polar surface area (TPSA) is 76.6 Å². The number of benzene rings is 1. The highest BCUT2D eigenvalue weighted by molar-refractivity contribution is 5.93. The van der Waals surface area contributed by atoms with E-state index in [9.17, 15) is 4.79 Å². The van der Waals surface area contributed by atoms with E-state index in [4.69, 9.17) is 9.47 Å². The molecule has 144 valence electrons. The summed E-state index contributed by atoms with van der Waals surface area (Å²) in [6, 6.07) is 8.92. The Morgan fingerprint density at radius 1 is 1.19 bits per heavy atom. The number of ether oxygens (including phenoxy) is 2. The second-order valence-electron chi connectivity index (χ2n) is 6.86. The Balaban J connectivity index is 1.58. The molecule has 2 heterocycles. The van der Waals surface area contributed by atoms with E-state index in [1.54, 1.807) is 38.3 Å². The van der Waals surface area contributed by atoms with E-state index >= 15 is 0 Å². The zero-order valence-corrected chi connectivity index (χ0v) is 16.0. The molecule has 7 heteroatoms. The van der Waals surface area contributed by atoms with Crippen molar-refractivity contribution in [2.75, 3.05) is 30.4 Å². The van der Waals surface area contributed by atoms with Crippen LogP contribution < -0.4 is 19.7 Å². The third kappa shape index (κ3) is 5.09. The lowest BCUT2D eigenvalue weighted by Crippen LogP contribution is -2.34. The van der Waals surface area contributed by atoms with Crippen LogP contribution in [0, 0.1) is 5.92 Å². The Hall–Kier alpha value is -2.83. The molecule has 1 atom stereocenters. The second-order valence-corrected chi connectivity index (χ2v) is 6.86. The first-order valence-electron chi connectivity index (χ1n) is 9.23. The van der Waals surface area contributed by atoms with E-state index in [2.05, 4.69) is 27.1 Å². The number of rotatable bonds is 6. The van der Waals surface area contributed by atoms with Gasteiger partial charge in [0, 0.05) is 19.2 Å². The molecular formula is C20H26N4O3. The molecule has 0 saturated carbocycles. The predicted octanol–water partition coefficient (Wildman–Crippen LogP) is 3.13. The molecule has 3 rings (SSSR count). The second kappa shape index (κ2) is 8.70. The number of carbonyl (C=O) groups excluding carboxylic acids is 1. The van der Waals surface area contributed by atoms with Crippen molar-refractivity contribution in [2.24, 2.45) is 5.92 Å². The molecule has 1 amide bonds. The predicted molar refractivity (Wildman–Crippen MR) is 104 cm³/mol. The van der Waals surface area contributed by atoms with Crippen molar-refractivity contribution >= 4 is 17.5 Å². The summed E-state index contributed by atoms with van der Waals surface area (Å²) in [6.07, 6.45) is 3.13. The highest BCUT2D eigenvalue weighted by Gasteiger charge is 2.19. The number of aromatic nitrogens is 2. The highest BCUT2D eigenvalue weighted by Crippen LogP contribution is 2.23. The van der Waals surface area contributed by atoms with Gasteiger partial charge in [0.1, 0.15) is 29.5 Å². The van der Waals surface area contributed by atoms with Gasteiger partial charge in [0.05, 0.1) is 7.11 Å². The molecule has 0 aliphatic carbocycles. The maximum Gasteiger partial charge on any atom is 0.266 e. The first kappa shape index (κ1) is 18.9. The van der Waals surface area contributed by atoms with Gasteiger partial charge < -0.3 is 19.7 Å². The van der Waals surface area contributed by atoms with Crippen molar-refractivity contribution in [1.29, 1.82) is 0 Å². The molecular weight excluding hydrogens is 344 g/mol. The molecule has 0 bridgehead atoms. The largest absolute Gasteiger partial charge is 0.497 e. The van der Waals surface area contributed by atoms with Crippen molar-refractivity contribution in [3.8, 4) is 11.5 Å². The molecule has 1 aliphatic heterocycles. The van der Waals surface area contributed by atoms with E-state index in [1.807, 2.05) is 6.07 Å². The van der Waals surface area contributed by atoms with Crippen LogP contribution in [0.2, 0.25) is 0 Å². The molecule has 0 spiro atoms. The summed E-state index contributed by atoms with van der Waals surface area (Å²) < 4.78 is 10.8. The number of nitrogens with zero attached hydrogens (tertiary/aromatic N) is 3. The van der Waals surface area contributed by atoms with Crippen LogP contribution in [0.3, 0.4) is 0 Å². The molecule has 1 N–H and O–H groups in total. The van der Waals surface area contributed by atoms with Gasteiger partial charge in [-0.05, 0) is 49.9 Å². The average Bonchev–Trinajstić information content (AvgIpc) is 2.69. The molecule has 7 nitrogen and oxygen atoms in total. The first-order valence-corrected chi connectivity index (χ1v) is 9.23. The third-order valence-corrected chi connectivity index (χ3v) is 4.75. The van der Waals surface area contributed by atoms with Gasteiger partial charge in [0.2, 0.25) is 0 Å². The van der Waals surface area contributed by atoms with Gasteiger partial charge in [-0.3, -0.25) is 4.79 Å². The minimum Gasteiger partial charge on any atom is -0.497 e. The number of hydrogen-bond donors (Lipinski definition) is 1. The van der Waals surface area contributed by atoms with Gasteiger partial charge in [0.25, 0.3) is 5.91 Å². The van der Waals surface area contributed by atoms with Gasteiger partial charge in [-0.15, -0.1) is 0 Å². The number of amides is 1. The molecule has 2 aromatic rings. The minimum atomic E-state index is -0.660. The number of piperidine rings is 1. The maximum atomic E-state index is 12.4. The Labute approximate surface area is 159 Å². The molecule has 1 aliphatic rings. The normalized spacial score (nSPS) is 15.9. The van der Waals surface area contributed by atoms with Crippen LogP contribution in [0.25, 0.3) is 0 Å². The number of methoxy groups -OCH3 is 1. The summed E-state index contributed by atoms with van der Waals surface area (Å²) in [7, 11) is 1.60. The summed E-state index contributed by atoms with van der Waals surface area (Å²) in [5.41, 5.74) is 0. The van der Waals surface area contributed by atoms with Gasteiger partial charge >= 0.3 is 0 Å². The maximum absolute atomic E-state index is 12.4. The van der Waals surface area contributed by atoms with Crippen LogP contribution in [-0.2, 0) is 4.79 Å². The fraction of sp³-hybridized carbons (Fsp3) is 0.450. The number of anilines is 2. The summed E-state index contributed by atoms with van der Waals surface area (Å²) in [5, 5.41) is 2.81. The monoisotopic (exact) mass is 370 g/mol. The van der Waals surface area contributed by atoms with Crippen LogP contribution in [0.4, 0.5) is 11.6 Å². The molecule has 1 saturated heterocycles. The Morgan fingerprint density at radius 3 is 2.52 bits per heavy atom. The van der Waals surface area contributed by atoms with Crippen LogP contribution in [0.15, 0.2) is 36.7 Å². The molecule has 1 aromatic carbocycles. The third-order valence-electron chi connectivity index (χ3n) is 4.75. The molecule has 0 radical (unpaired) electrons.